The van der Waals surface area contributed by atoms with Gasteiger partial charge in [-0.1, -0.05) is 21.1 Å². The van der Waals surface area contributed by atoms with Crippen LogP contribution < -0.4 is 5.32 Å². The first-order chi connectivity index (χ1) is 10.2. The fourth-order valence-corrected chi connectivity index (χ4v) is 2.88. The molecule has 3 rings (SSSR count). The predicted octanol–water partition coefficient (Wildman–Crippen LogP) is 2.13. The van der Waals surface area contributed by atoms with Gasteiger partial charge in [0.1, 0.15) is 0 Å². The van der Waals surface area contributed by atoms with Crippen LogP contribution in [0.1, 0.15) is 17.7 Å². The van der Waals surface area contributed by atoms with Gasteiger partial charge in [0.05, 0.1) is 17.6 Å². The standard InChI is InChI=1S/C15H20BrN5/c1-12-9-13(3-4-15(12)16)21-14(10-18-19-21)11-20-7-2-5-17-6-8-20/h3-4,9-10,17H,2,5-8,11H2,1H3. The molecule has 0 bridgehead atoms. The summed E-state index contributed by atoms with van der Waals surface area (Å²) >= 11 is 3.54. The first-order valence-electron chi connectivity index (χ1n) is 7.33. The Hall–Kier alpha value is -1.24. The molecule has 0 radical (unpaired) electrons. The fourth-order valence-electron chi connectivity index (χ4n) is 2.63. The van der Waals surface area contributed by atoms with Crippen LogP contribution in [0.2, 0.25) is 0 Å². The summed E-state index contributed by atoms with van der Waals surface area (Å²) in [5.74, 6) is 0. The number of halogens is 1. The lowest BCUT2D eigenvalue weighted by atomic mass is 10.2. The van der Waals surface area contributed by atoms with E-state index in [-0.39, 0.29) is 0 Å². The lowest BCUT2D eigenvalue weighted by Crippen LogP contribution is -2.28. The van der Waals surface area contributed by atoms with Gasteiger partial charge in [-0.25, -0.2) is 4.68 Å². The lowest BCUT2D eigenvalue weighted by molar-refractivity contribution is 0.278. The highest BCUT2D eigenvalue weighted by atomic mass is 79.9. The second-order valence-electron chi connectivity index (χ2n) is 5.45. The van der Waals surface area contributed by atoms with Gasteiger partial charge < -0.3 is 5.32 Å². The van der Waals surface area contributed by atoms with Crippen molar-refractivity contribution >= 4 is 15.9 Å². The molecule has 0 amide bonds. The third-order valence-electron chi connectivity index (χ3n) is 3.82. The highest BCUT2D eigenvalue weighted by Crippen LogP contribution is 2.20. The summed E-state index contributed by atoms with van der Waals surface area (Å²) < 4.78 is 3.06. The molecule has 2 aromatic rings. The van der Waals surface area contributed by atoms with Gasteiger partial charge in [0.2, 0.25) is 0 Å². The van der Waals surface area contributed by atoms with Gasteiger partial charge in [-0.05, 0) is 50.2 Å². The van der Waals surface area contributed by atoms with Gasteiger partial charge in [-0.2, -0.15) is 0 Å². The molecule has 1 saturated heterocycles. The Morgan fingerprint density at radius 1 is 1.29 bits per heavy atom. The summed E-state index contributed by atoms with van der Waals surface area (Å²) in [6.45, 7) is 7.34. The fraction of sp³-hybridized carbons (Fsp3) is 0.467. The van der Waals surface area contributed by atoms with Crippen LogP contribution in [0.3, 0.4) is 0 Å². The largest absolute Gasteiger partial charge is 0.315 e. The number of nitrogens with zero attached hydrogens (tertiary/aromatic N) is 4. The van der Waals surface area contributed by atoms with Crippen LogP contribution in [-0.4, -0.2) is 46.1 Å². The zero-order chi connectivity index (χ0) is 14.7. The first kappa shape index (κ1) is 14.7. The van der Waals surface area contributed by atoms with Crippen molar-refractivity contribution in [3.63, 3.8) is 0 Å². The SMILES string of the molecule is Cc1cc(-n2nncc2CN2CCCNCC2)ccc1Br. The molecule has 1 aromatic carbocycles. The van der Waals surface area contributed by atoms with Crippen molar-refractivity contribution in [2.24, 2.45) is 0 Å². The normalized spacial score (nSPS) is 16.9. The Morgan fingerprint density at radius 2 is 2.19 bits per heavy atom. The second kappa shape index (κ2) is 6.68. The molecule has 5 nitrogen and oxygen atoms in total. The number of aryl methyl sites for hydroxylation is 1. The van der Waals surface area contributed by atoms with Crippen LogP contribution in [-0.2, 0) is 6.54 Å². The van der Waals surface area contributed by atoms with Crippen molar-refractivity contribution in [2.45, 2.75) is 19.9 Å². The average Bonchev–Trinajstić information content (AvgIpc) is 2.77. The van der Waals surface area contributed by atoms with Crippen molar-refractivity contribution in [2.75, 3.05) is 26.2 Å². The molecule has 0 unspecified atom stereocenters. The van der Waals surface area contributed by atoms with Crippen LogP contribution in [0.25, 0.3) is 5.69 Å². The summed E-state index contributed by atoms with van der Waals surface area (Å²) in [7, 11) is 0. The van der Waals surface area contributed by atoms with E-state index < -0.39 is 0 Å². The van der Waals surface area contributed by atoms with Gasteiger partial charge >= 0.3 is 0 Å². The Kier molecular flexibility index (Phi) is 4.67. The zero-order valence-corrected chi connectivity index (χ0v) is 13.8. The van der Waals surface area contributed by atoms with E-state index in [1.165, 1.54) is 12.0 Å². The lowest BCUT2D eigenvalue weighted by Gasteiger charge is -2.19. The van der Waals surface area contributed by atoms with Gasteiger partial charge in [-0.3, -0.25) is 4.90 Å². The second-order valence-corrected chi connectivity index (χ2v) is 6.30. The highest BCUT2D eigenvalue weighted by Gasteiger charge is 2.13. The quantitative estimate of drug-likeness (QED) is 0.921. The van der Waals surface area contributed by atoms with E-state index in [9.17, 15) is 0 Å². The molecule has 1 fully saturated rings. The van der Waals surface area contributed by atoms with Crippen LogP contribution in [0, 0.1) is 6.92 Å². The molecule has 1 aliphatic rings. The third kappa shape index (κ3) is 3.51. The monoisotopic (exact) mass is 349 g/mol. The van der Waals surface area contributed by atoms with E-state index in [2.05, 4.69) is 61.6 Å². The summed E-state index contributed by atoms with van der Waals surface area (Å²) in [5, 5.41) is 11.8. The van der Waals surface area contributed by atoms with Crippen LogP contribution in [0.5, 0.6) is 0 Å². The molecule has 2 heterocycles. The van der Waals surface area contributed by atoms with Gasteiger partial charge in [0.15, 0.2) is 0 Å². The van der Waals surface area contributed by atoms with E-state index in [1.807, 2.05) is 10.9 Å². The average molecular weight is 350 g/mol. The van der Waals surface area contributed by atoms with E-state index >= 15 is 0 Å². The smallest absolute Gasteiger partial charge is 0.0786 e. The van der Waals surface area contributed by atoms with Crippen LogP contribution in [0.4, 0.5) is 0 Å². The van der Waals surface area contributed by atoms with E-state index in [1.54, 1.807) is 0 Å². The van der Waals surface area contributed by atoms with E-state index in [4.69, 9.17) is 0 Å². The minimum absolute atomic E-state index is 0.893. The molecule has 0 aliphatic carbocycles. The molecular weight excluding hydrogens is 330 g/mol. The molecular formula is C15H20BrN5. The number of hydrogen-bond acceptors (Lipinski definition) is 4. The van der Waals surface area contributed by atoms with Crippen molar-refractivity contribution in [3.05, 3.63) is 40.1 Å². The third-order valence-corrected chi connectivity index (χ3v) is 4.71. The van der Waals surface area contributed by atoms with Gasteiger partial charge in [0.25, 0.3) is 0 Å². The minimum Gasteiger partial charge on any atom is -0.315 e. The Morgan fingerprint density at radius 3 is 3.05 bits per heavy atom. The summed E-state index contributed by atoms with van der Waals surface area (Å²) in [4.78, 5) is 2.46. The Balaban J connectivity index is 1.81. The minimum atomic E-state index is 0.893. The van der Waals surface area contributed by atoms with Gasteiger partial charge in [0, 0.05) is 24.1 Å². The number of hydrogen-bond donors (Lipinski definition) is 1. The van der Waals surface area contributed by atoms with Crippen molar-refractivity contribution in [1.29, 1.82) is 0 Å². The molecule has 0 saturated carbocycles. The van der Waals surface area contributed by atoms with E-state index in [0.29, 0.717) is 0 Å². The Bertz CT molecular complexity index is 602. The first-order valence-corrected chi connectivity index (χ1v) is 8.12. The Labute approximate surface area is 133 Å². The van der Waals surface area contributed by atoms with Crippen molar-refractivity contribution in [3.8, 4) is 5.69 Å². The molecule has 21 heavy (non-hydrogen) atoms. The summed E-state index contributed by atoms with van der Waals surface area (Å²) in [5.41, 5.74) is 3.41. The number of nitrogens with one attached hydrogen (secondary N) is 1. The maximum Gasteiger partial charge on any atom is 0.0786 e. The van der Waals surface area contributed by atoms with Crippen LogP contribution >= 0.6 is 15.9 Å². The topological polar surface area (TPSA) is 46.0 Å². The van der Waals surface area contributed by atoms with Crippen LogP contribution in [0.15, 0.2) is 28.9 Å². The number of aromatic nitrogens is 3. The molecule has 0 atom stereocenters. The predicted molar refractivity (Wildman–Crippen MR) is 86.6 cm³/mol. The summed E-state index contributed by atoms with van der Waals surface area (Å²) in [6.07, 6.45) is 3.06. The number of benzene rings is 1. The van der Waals surface area contributed by atoms with E-state index in [0.717, 1.165) is 48.6 Å². The maximum absolute atomic E-state index is 4.26. The van der Waals surface area contributed by atoms with Crippen molar-refractivity contribution in [1.82, 2.24) is 25.2 Å². The molecule has 6 heteroatoms. The van der Waals surface area contributed by atoms with Crippen molar-refractivity contribution < 1.29 is 0 Å². The number of rotatable bonds is 3. The molecule has 112 valence electrons. The summed E-state index contributed by atoms with van der Waals surface area (Å²) in [6, 6.07) is 6.26. The molecule has 1 N–H and O–H groups in total. The molecule has 1 aromatic heterocycles. The highest BCUT2D eigenvalue weighted by molar-refractivity contribution is 9.10. The maximum atomic E-state index is 4.26. The molecule has 0 spiro atoms. The molecule has 1 aliphatic heterocycles. The zero-order valence-electron chi connectivity index (χ0n) is 12.2. The van der Waals surface area contributed by atoms with Gasteiger partial charge in [-0.15, -0.1) is 5.10 Å².